The Morgan fingerprint density at radius 1 is 1.06 bits per heavy atom. The van der Waals surface area contributed by atoms with E-state index in [1.54, 1.807) is 0 Å². The molecule has 17 heavy (non-hydrogen) atoms. The molecule has 0 spiro atoms. The first-order valence-electron chi connectivity index (χ1n) is 5.13. The molecule has 0 bridgehead atoms. The van der Waals surface area contributed by atoms with Gasteiger partial charge in [0.15, 0.2) is 4.77 Å². The van der Waals surface area contributed by atoms with Crippen LogP contribution in [-0.4, -0.2) is 87.2 Å². The molecule has 0 aromatic carbocycles. The number of nitrogens with one attached hydrogen (secondary N) is 2. The van der Waals surface area contributed by atoms with Crippen LogP contribution in [0.25, 0.3) is 0 Å². The van der Waals surface area contributed by atoms with E-state index in [1.807, 2.05) is 0 Å². The molecule has 1 aromatic heterocycles. The molecule has 0 fully saturated rings. The van der Waals surface area contributed by atoms with Gasteiger partial charge in [-0.2, -0.15) is 4.98 Å². The molecule has 0 aliphatic rings. The third-order valence-corrected chi connectivity index (χ3v) is 2.34. The number of H-pyrrole nitrogens is 2. The minimum Gasteiger partial charge on any atom is -0.342 e. The molecule has 0 unspecified atom stereocenters. The van der Waals surface area contributed by atoms with Crippen molar-refractivity contribution in [2.45, 2.75) is 26.7 Å². The summed E-state index contributed by atoms with van der Waals surface area (Å²) >= 11 is 10.0. The van der Waals surface area contributed by atoms with E-state index in [2.05, 4.69) is 33.7 Å². The Hall–Kier alpha value is 1.25. The summed E-state index contributed by atoms with van der Waals surface area (Å²) in [5.74, 6) is 0.771. The van der Waals surface area contributed by atoms with E-state index in [0.29, 0.717) is 9.54 Å². The van der Waals surface area contributed by atoms with Crippen LogP contribution >= 0.6 is 24.4 Å². The van der Waals surface area contributed by atoms with E-state index < -0.39 is 0 Å². The largest absolute Gasteiger partial charge is 0.342 e. The maximum absolute atomic E-state index is 5.03. The van der Waals surface area contributed by atoms with Crippen LogP contribution in [0.4, 0.5) is 5.95 Å². The molecule has 0 amide bonds. The summed E-state index contributed by atoms with van der Waals surface area (Å²) in [5, 5.41) is 0. The molecule has 1 heterocycles. The SMILES string of the molecule is CCCN(CCC)c1nc(=S)[nH]c(=S)[nH]1.[Na].[Na]. The summed E-state index contributed by atoms with van der Waals surface area (Å²) in [6.07, 6.45) is 2.15. The maximum atomic E-state index is 5.03. The summed E-state index contributed by atoms with van der Waals surface area (Å²) in [6, 6.07) is 0. The summed E-state index contributed by atoms with van der Waals surface area (Å²) in [4.78, 5) is 12.2. The topological polar surface area (TPSA) is 47.7 Å². The van der Waals surface area contributed by atoms with E-state index in [0.717, 1.165) is 31.9 Å². The zero-order valence-electron chi connectivity index (χ0n) is 11.0. The summed E-state index contributed by atoms with van der Waals surface area (Å²) in [7, 11) is 0. The number of aromatic amines is 2. The summed E-state index contributed by atoms with van der Waals surface area (Å²) in [6.45, 7) is 6.21. The van der Waals surface area contributed by atoms with Crippen molar-refractivity contribution < 1.29 is 0 Å². The zero-order chi connectivity index (χ0) is 11.3. The van der Waals surface area contributed by atoms with Gasteiger partial charge in [-0.25, -0.2) is 0 Å². The van der Waals surface area contributed by atoms with E-state index in [-0.39, 0.29) is 59.1 Å². The zero-order valence-corrected chi connectivity index (χ0v) is 16.7. The molecule has 8 heteroatoms. The second kappa shape index (κ2) is 11.1. The van der Waals surface area contributed by atoms with E-state index >= 15 is 0 Å². The van der Waals surface area contributed by atoms with Crippen molar-refractivity contribution in [2.24, 2.45) is 0 Å². The first-order chi connectivity index (χ1) is 7.17. The van der Waals surface area contributed by atoms with E-state index in [4.69, 9.17) is 24.4 Å². The first-order valence-corrected chi connectivity index (χ1v) is 5.94. The van der Waals surface area contributed by atoms with Gasteiger partial charge in [-0.1, -0.05) is 13.8 Å². The molecule has 0 atom stereocenters. The third-order valence-electron chi connectivity index (χ3n) is 1.94. The molecule has 1 rings (SSSR count). The van der Waals surface area contributed by atoms with Crippen molar-refractivity contribution in [3.8, 4) is 0 Å². The predicted octanol–water partition coefficient (Wildman–Crippen LogP) is 2.06. The molecule has 0 aliphatic heterocycles. The maximum Gasteiger partial charge on any atom is 0.207 e. The van der Waals surface area contributed by atoms with Crippen molar-refractivity contribution in [2.75, 3.05) is 18.0 Å². The van der Waals surface area contributed by atoms with Crippen LogP contribution in [-0.2, 0) is 0 Å². The van der Waals surface area contributed by atoms with Crippen LogP contribution in [0.15, 0.2) is 0 Å². The van der Waals surface area contributed by atoms with E-state index in [1.165, 1.54) is 0 Å². The number of nitrogens with zero attached hydrogens (tertiary/aromatic N) is 2. The molecule has 2 N–H and O–H groups in total. The Bertz CT molecular complexity index is 384. The van der Waals surface area contributed by atoms with Gasteiger partial charge in [0, 0.05) is 72.2 Å². The fourth-order valence-corrected chi connectivity index (χ4v) is 1.84. The van der Waals surface area contributed by atoms with Crippen LogP contribution in [0.3, 0.4) is 0 Å². The van der Waals surface area contributed by atoms with Crippen LogP contribution in [0, 0.1) is 9.54 Å². The molecular formula is C9H16N4Na2S2. The number of aromatic nitrogens is 3. The van der Waals surface area contributed by atoms with E-state index in [9.17, 15) is 0 Å². The second-order valence-electron chi connectivity index (χ2n) is 3.31. The molecule has 86 valence electrons. The Balaban J connectivity index is 0. The van der Waals surface area contributed by atoms with Crippen molar-refractivity contribution in [3.05, 3.63) is 9.54 Å². The Morgan fingerprint density at radius 2 is 1.59 bits per heavy atom. The molecule has 0 saturated carbocycles. The third kappa shape index (κ3) is 7.42. The standard InChI is InChI=1S/C9H16N4S2.2Na/c1-3-5-13(6-4-2)7-10-8(14)12-9(15)11-7;;/h3-6H2,1-2H3,(H2,10,11,12,14,15);;. The molecule has 0 saturated heterocycles. The molecule has 4 nitrogen and oxygen atoms in total. The van der Waals surface area contributed by atoms with Crippen LogP contribution in [0.1, 0.15) is 26.7 Å². The Labute approximate surface area is 157 Å². The normalized spacial score (nSPS) is 9.06. The van der Waals surface area contributed by atoms with Gasteiger partial charge < -0.3 is 14.9 Å². The van der Waals surface area contributed by atoms with Crippen LogP contribution < -0.4 is 4.90 Å². The van der Waals surface area contributed by atoms with Gasteiger partial charge in [-0.3, -0.25) is 0 Å². The summed E-state index contributed by atoms with van der Waals surface area (Å²) in [5.41, 5.74) is 0. The molecular weight excluding hydrogens is 274 g/mol. The average Bonchev–Trinajstić information content (AvgIpc) is 2.16. The number of rotatable bonds is 5. The van der Waals surface area contributed by atoms with Crippen molar-refractivity contribution in [3.63, 3.8) is 0 Å². The van der Waals surface area contributed by atoms with Gasteiger partial charge in [0.25, 0.3) is 0 Å². The molecule has 1 aromatic rings. The number of hydrogen-bond acceptors (Lipinski definition) is 4. The van der Waals surface area contributed by atoms with Crippen molar-refractivity contribution in [1.29, 1.82) is 0 Å². The predicted molar refractivity (Wildman–Crippen MR) is 78.9 cm³/mol. The fraction of sp³-hybridized carbons (Fsp3) is 0.667. The monoisotopic (exact) mass is 290 g/mol. The van der Waals surface area contributed by atoms with Crippen LogP contribution in [0.2, 0.25) is 0 Å². The summed E-state index contributed by atoms with van der Waals surface area (Å²) < 4.78 is 0.966. The minimum atomic E-state index is 0. The Kier molecular flexibility index (Phi) is 13.4. The molecule has 2 radical (unpaired) electrons. The number of hydrogen-bond donors (Lipinski definition) is 2. The van der Waals surface area contributed by atoms with Gasteiger partial charge in [0.05, 0.1) is 0 Å². The Morgan fingerprint density at radius 3 is 2.00 bits per heavy atom. The van der Waals surface area contributed by atoms with Gasteiger partial charge in [-0.05, 0) is 37.3 Å². The van der Waals surface area contributed by atoms with Gasteiger partial charge >= 0.3 is 0 Å². The minimum absolute atomic E-state index is 0. The average molecular weight is 290 g/mol. The fourth-order valence-electron chi connectivity index (χ4n) is 1.40. The number of anilines is 1. The second-order valence-corrected chi connectivity index (χ2v) is 4.10. The van der Waals surface area contributed by atoms with Crippen molar-refractivity contribution >= 4 is 89.5 Å². The van der Waals surface area contributed by atoms with Gasteiger partial charge in [-0.15, -0.1) is 0 Å². The smallest absolute Gasteiger partial charge is 0.207 e. The van der Waals surface area contributed by atoms with Gasteiger partial charge in [0.2, 0.25) is 10.7 Å². The quantitative estimate of drug-likeness (QED) is 0.644. The van der Waals surface area contributed by atoms with Gasteiger partial charge in [0.1, 0.15) is 0 Å². The van der Waals surface area contributed by atoms with Crippen LogP contribution in [0.5, 0.6) is 0 Å². The first kappa shape index (κ1) is 20.6. The molecule has 0 aliphatic carbocycles. The van der Waals surface area contributed by atoms with Crippen molar-refractivity contribution in [1.82, 2.24) is 15.0 Å².